The number of sulfonamides is 1. The number of hydrogen-bond acceptors (Lipinski definition) is 5. The Morgan fingerprint density at radius 3 is 2.55 bits per heavy atom. The minimum Gasteiger partial charge on any atom is -0.352 e. The Hall–Kier alpha value is -2.23. The number of rotatable bonds is 5. The van der Waals surface area contributed by atoms with E-state index in [2.05, 4.69) is 4.98 Å². The number of piperidine rings is 1. The third-order valence-corrected chi connectivity index (χ3v) is 8.50. The summed E-state index contributed by atoms with van der Waals surface area (Å²) in [6.45, 7) is 8.03. The minimum absolute atomic E-state index is 0.0290. The number of imidazole rings is 1. The molecule has 168 valence electrons. The highest BCUT2D eigenvalue weighted by Crippen LogP contribution is 2.41. The number of aryl methyl sites for hydroxylation is 1. The second-order valence-corrected chi connectivity index (χ2v) is 10.1. The maximum absolute atomic E-state index is 13.2. The van der Waals surface area contributed by atoms with E-state index in [1.807, 2.05) is 43.7 Å². The first-order valence-corrected chi connectivity index (χ1v) is 12.3. The van der Waals surface area contributed by atoms with E-state index in [-0.39, 0.29) is 5.91 Å². The first-order chi connectivity index (χ1) is 14.8. The summed E-state index contributed by atoms with van der Waals surface area (Å²) in [5, 5.41) is 0. The lowest BCUT2D eigenvalue weighted by Gasteiger charge is -2.45. The molecule has 1 aromatic carbocycles. The van der Waals surface area contributed by atoms with Crippen molar-refractivity contribution in [2.45, 2.75) is 56.8 Å². The zero-order valence-corrected chi connectivity index (χ0v) is 19.1. The zero-order chi connectivity index (χ0) is 22.2. The molecule has 4 rings (SSSR count). The average Bonchev–Trinajstić information content (AvgIpc) is 3.25. The second kappa shape index (κ2) is 8.37. The summed E-state index contributed by atoms with van der Waals surface area (Å²) in [4.78, 5) is 19.7. The molecule has 1 spiro atoms. The normalized spacial score (nSPS) is 21.1. The number of ether oxygens (including phenoxy) is 1. The fourth-order valence-electron chi connectivity index (χ4n) is 4.68. The van der Waals surface area contributed by atoms with Gasteiger partial charge in [0.15, 0.2) is 6.10 Å². The van der Waals surface area contributed by atoms with Crippen molar-refractivity contribution in [1.82, 2.24) is 18.8 Å². The summed E-state index contributed by atoms with van der Waals surface area (Å²) in [5.74, 6) is 0.753. The Kier molecular flexibility index (Phi) is 5.93. The average molecular weight is 447 g/mol. The molecular weight excluding hydrogens is 416 g/mol. The van der Waals surface area contributed by atoms with Crippen LogP contribution in [0.5, 0.6) is 0 Å². The van der Waals surface area contributed by atoms with Gasteiger partial charge in [-0.2, -0.15) is 4.31 Å². The highest BCUT2D eigenvalue weighted by Gasteiger charge is 2.49. The first-order valence-electron chi connectivity index (χ1n) is 10.9. The number of carbonyl (C=O) groups excluding carboxylic acids is 1. The Balaban J connectivity index is 1.58. The summed E-state index contributed by atoms with van der Waals surface area (Å²) in [6.07, 6.45) is 3.91. The molecule has 1 aromatic heterocycles. The van der Waals surface area contributed by atoms with Crippen LogP contribution in [0, 0.1) is 6.92 Å². The number of nitrogens with zero attached hydrogens (tertiary/aromatic N) is 4. The maximum Gasteiger partial charge on any atom is 0.253 e. The number of aromatic nitrogens is 2. The van der Waals surface area contributed by atoms with Gasteiger partial charge in [-0.25, -0.2) is 13.4 Å². The monoisotopic (exact) mass is 446 g/mol. The van der Waals surface area contributed by atoms with E-state index in [0.29, 0.717) is 50.5 Å². The van der Waals surface area contributed by atoms with Gasteiger partial charge in [-0.1, -0.05) is 18.2 Å². The minimum atomic E-state index is -3.59. The van der Waals surface area contributed by atoms with E-state index < -0.39 is 21.7 Å². The van der Waals surface area contributed by atoms with Crippen molar-refractivity contribution < 1.29 is 17.9 Å². The number of hydrogen-bond donors (Lipinski definition) is 0. The lowest BCUT2D eigenvalue weighted by atomic mass is 9.89. The number of fused-ring (bicyclic) bond motifs is 2. The molecule has 31 heavy (non-hydrogen) atoms. The van der Waals surface area contributed by atoms with Gasteiger partial charge in [0.1, 0.15) is 11.4 Å². The molecule has 1 atom stereocenters. The van der Waals surface area contributed by atoms with E-state index in [4.69, 9.17) is 4.74 Å². The van der Waals surface area contributed by atoms with Crippen LogP contribution >= 0.6 is 0 Å². The molecule has 0 N–H and O–H groups in total. The molecule has 2 aromatic rings. The highest BCUT2D eigenvalue weighted by molar-refractivity contribution is 7.89. The summed E-state index contributed by atoms with van der Waals surface area (Å²) in [7, 11) is -3.59. The van der Waals surface area contributed by atoms with Crippen LogP contribution in [-0.2, 0) is 31.7 Å². The van der Waals surface area contributed by atoms with Gasteiger partial charge in [-0.05, 0) is 45.2 Å². The number of carbonyl (C=O) groups is 1. The fourth-order valence-corrected chi connectivity index (χ4v) is 6.35. The second-order valence-electron chi connectivity index (χ2n) is 8.18. The first kappa shape index (κ1) is 22.0. The van der Waals surface area contributed by atoms with Crippen LogP contribution in [0.25, 0.3) is 0 Å². The standard InChI is InChI=1S/C22H30N4O4S/c1-4-24(5-2)20(27)18-16-25-15-12-23-21(25)22(30-18)10-13-26(14-11-22)31(28,29)19-9-7-6-8-17(19)3/h6-9,12,15,18H,4-5,10-11,13-14,16H2,1-3H3/t18-/m1/s1. The van der Waals surface area contributed by atoms with Gasteiger partial charge >= 0.3 is 0 Å². The van der Waals surface area contributed by atoms with Gasteiger partial charge in [0.25, 0.3) is 5.91 Å². The molecular formula is C22H30N4O4S. The molecule has 9 heteroatoms. The van der Waals surface area contributed by atoms with Crippen LogP contribution in [0.4, 0.5) is 0 Å². The van der Waals surface area contributed by atoms with Gasteiger partial charge in [0.05, 0.1) is 11.4 Å². The SMILES string of the molecule is CCN(CC)C(=O)[C@H]1Cn2ccnc2C2(CCN(S(=O)(=O)c3ccccc3C)CC2)O1. The van der Waals surface area contributed by atoms with Gasteiger partial charge in [0, 0.05) is 38.6 Å². The Morgan fingerprint density at radius 1 is 1.23 bits per heavy atom. The third-order valence-electron chi connectivity index (χ3n) is 6.45. The molecule has 8 nitrogen and oxygen atoms in total. The van der Waals surface area contributed by atoms with Gasteiger partial charge in [-0.15, -0.1) is 0 Å². The van der Waals surface area contributed by atoms with Crippen molar-refractivity contribution in [1.29, 1.82) is 0 Å². The molecule has 0 unspecified atom stereocenters. The maximum atomic E-state index is 13.2. The lowest BCUT2D eigenvalue weighted by Crippen LogP contribution is -2.55. The number of benzene rings is 1. The molecule has 0 radical (unpaired) electrons. The molecule has 1 amide bonds. The van der Waals surface area contributed by atoms with Crippen molar-refractivity contribution >= 4 is 15.9 Å². The van der Waals surface area contributed by atoms with Crippen molar-refractivity contribution in [2.75, 3.05) is 26.2 Å². The van der Waals surface area contributed by atoms with Crippen LogP contribution in [0.15, 0.2) is 41.6 Å². The predicted molar refractivity (Wildman–Crippen MR) is 116 cm³/mol. The van der Waals surface area contributed by atoms with Crippen LogP contribution < -0.4 is 0 Å². The van der Waals surface area contributed by atoms with E-state index in [9.17, 15) is 13.2 Å². The molecule has 2 aliphatic rings. The van der Waals surface area contributed by atoms with E-state index in [0.717, 1.165) is 11.4 Å². The van der Waals surface area contributed by atoms with Gasteiger partial charge in [0.2, 0.25) is 10.0 Å². The van der Waals surface area contributed by atoms with Crippen molar-refractivity contribution in [2.24, 2.45) is 0 Å². The molecule has 2 aliphatic heterocycles. The smallest absolute Gasteiger partial charge is 0.253 e. The van der Waals surface area contributed by atoms with Crippen LogP contribution in [0.1, 0.15) is 38.1 Å². The van der Waals surface area contributed by atoms with Crippen LogP contribution in [0.2, 0.25) is 0 Å². The summed E-state index contributed by atoms with van der Waals surface area (Å²) in [6, 6.07) is 7.04. The largest absolute Gasteiger partial charge is 0.352 e. The van der Waals surface area contributed by atoms with Gasteiger partial charge < -0.3 is 14.2 Å². The molecule has 1 saturated heterocycles. The Labute approximate surface area is 183 Å². The van der Waals surface area contributed by atoms with Crippen molar-refractivity contribution in [3.8, 4) is 0 Å². The van der Waals surface area contributed by atoms with E-state index in [1.165, 1.54) is 4.31 Å². The molecule has 0 aliphatic carbocycles. The molecule has 1 fully saturated rings. The summed E-state index contributed by atoms with van der Waals surface area (Å²) < 4.78 is 36.4. The van der Waals surface area contributed by atoms with E-state index >= 15 is 0 Å². The molecule has 0 saturated carbocycles. The zero-order valence-electron chi connectivity index (χ0n) is 18.3. The van der Waals surface area contributed by atoms with Crippen LogP contribution in [0.3, 0.4) is 0 Å². The van der Waals surface area contributed by atoms with Crippen molar-refractivity contribution in [3.63, 3.8) is 0 Å². The third kappa shape index (κ3) is 3.79. The summed E-state index contributed by atoms with van der Waals surface area (Å²) >= 11 is 0. The van der Waals surface area contributed by atoms with Crippen LogP contribution in [-0.4, -0.2) is 65.4 Å². The quantitative estimate of drug-likeness (QED) is 0.703. The highest BCUT2D eigenvalue weighted by atomic mass is 32.2. The number of likely N-dealkylation sites (N-methyl/N-ethyl adjacent to an activating group) is 1. The predicted octanol–water partition coefficient (Wildman–Crippen LogP) is 2.14. The lowest BCUT2D eigenvalue weighted by molar-refractivity contribution is -0.178. The molecule has 0 bridgehead atoms. The van der Waals surface area contributed by atoms with Crippen molar-refractivity contribution in [3.05, 3.63) is 48.0 Å². The topological polar surface area (TPSA) is 84.7 Å². The van der Waals surface area contributed by atoms with E-state index in [1.54, 1.807) is 23.2 Å². The molecule has 3 heterocycles. The summed E-state index contributed by atoms with van der Waals surface area (Å²) in [5.41, 5.74) is -0.0235. The Morgan fingerprint density at radius 2 is 1.90 bits per heavy atom. The number of amides is 1. The van der Waals surface area contributed by atoms with Gasteiger partial charge in [-0.3, -0.25) is 4.79 Å². The fraction of sp³-hybridized carbons (Fsp3) is 0.545. The Bertz CT molecular complexity index is 1050.